The zero-order valence-electron chi connectivity index (χ0n) is 12.9. The Labute approximate surface area is 126 Å². The number of hydrogen-bond acceptors (Lipinski definition) is 4. The maximum atomic E-state index is 11.5. The molecule has 2 aliphatic carbocycles. The van der Waals surface area contributed by atoms with Crippen molar-refractivity contribution in [3.05, 3.63) is 12.2 Å². The van der Waals surface area contributed by atoms with Crippen LogP contribution >= 0.6 is 0 Å². The molecular formula is C17H28O4. The van der Waals surface area contributed by atoms with E-state index in [0.29, 0.717) is 37.4 Å². The molecule has 2 rings (SSSR count). The van der Waals surface area contributed by atoms with E-state index in [0.717, 1.165) is 19.3 Å². The summed E-state index contributed by atoms with van der Waals surface area (Å²) >= 11 is 0. The molecule has 21 heavy (non-hydrogen) atoms. The summed E-state index contributed by atoms with van der Waals surface area (Å²) in [7, 11) is 0. The summed E-state index contributed by atoms with van der Waals surface area (Å²) in [4.78, 5) is 11.5. The number of hydrogen-bond donors (Lipinski definition) is 3. The van der Waals surface area contributed by atoms with Crippen LogP contribution in [0.5, 0.6) is 0 Å². The molecule has 2 saturated carbocycles. The number of unbranched alkanes of at least 4 members (excludes halogenated alkanes) is 2. The van der Waals surface area contributed by atoms with Crippen LogP contribution in [0.15, 0.2) is 12.2 Å². The molecule has 2 aliphatic rings. The highest BCUT2D eigenvalue weighted by atomic mass is 16.3. The first-order valence-corrected chi connectivity index (χ1v) is 8.15. The molecule has 0 aromatic carbocycles. The van der Waals surface area contributed by atoms with E-state index in [1.807, 2.05) is 6.08 Å². The van der Waals surface area contributed by atoms with Crippen LogP contribution in [0.4, 0.5) is 0 Å². The Kier molecular flexibility index (Phi) is 5.58. The minimum atomic E-state index is -0.879. The van der Waals surface area contributed by atoms with Gasteiger partial charge in [0.1, 0.15) is 5.78 Å². The second kappa shape index (κ2) is 7.03. The van der Waals surface area contributed by atoms with E-state index >= 15 is 0 Å². The third-order valence-electron chi connectivity index (χ3n) is 5.06. The number of carbonyl (C=O) groups excluding carboxylic acids is 1. The van der Waals surface area contributed by atoms with Crippen molar-refractivity contribution >= 4 is 5.78 Å². The van der Waals surface area contributed by atoms with Crippen LogP contribution in [0, 0.1) is 17.8 Å². The third kappa shape index (κ3) is 4.38. The lowest BCUT2D eigenvalue weighted by Gasteiger charge is -2.22. The van der Waals surface area contributed by atoms with Gasteiger partial charge in [-0.25, -0.2) is 0 Å². The number of ketones is 1. The zero-order chi connectivity index (χ0) is 15.5. The lowest BCUT2D eigenvalue weighted by Crippen LogP contribution is -2.23. The van der Waals surface area contributed by atoms with Gasteiger partial charge >= 0.3 is 0 Å². The number of aliphatic hydroxyl groups excluding tert-OH is 2. The quantitative estimate of drug-likeness (QED) is 0.495. The molecule has 1 unspecified atom stereocenters. The second-order valence-electron chi connectivity index (χ2n) is 7.00. The molecule has 0 radical (unpaired) electrons. The first kappa shape index (κ1) is 16.7. The maximum absolute atomic E-state index is 11.5. The van der Waals surface area contributed by atoms with E-state index < -0.39 is 5.60 Å². The van der Waals surface area contributed by atoms with Crippen LogP contribution in [0.1, 0.15) is 51.9 Å². The van der Waals surface area contributed by atoms with E-state index in [1.165, 1.54) is 0 Å². The highest BCUT2D eigenvalue weighted by Gasteiger charge is 2.46. The number of carbonyl (C=O) groups is 1. The highest BCUT2D eigenvalue weighted by molar-refractivity contribution is 5.81. The molecule has 0 amide bonds. The van der Waals surface area contributed by atoms with E-state index in [4.69, 9.17) is 5.11 Å². The molecule has 0 heterocycles. The van der Waals surface area contributed by atoms with Gasteiger partial charge in [0.2, 0.25) is 0 Å². The Morgan fingerprint density at radius 1 is 1.29 bits per heavy atom. The summed E-state index contributed by atoms with van der Waals surface area (Å²) in [5.41, 5.74) is -0.879. The molecule has 4 heteroatoms. The van der Waals surface area contributed by atoms with Gasteiger partial charge in [0.25, 0.3) is 0 Å². The van der Waals surface area contributed by atoms with Crippen molar-refractivity contribution in [3.8, 4) is 0 Å². The molecule has 2 fully saturated rings. The molecule has 120 valence electrons. The van der Waals surface area contributed by atoms with Gasteiger partial charge in [0.15, 0.2) is 0 Å². The monoisotopic (exact) mass is 296 g/mol. The number of rotatable bonds is 7. The molecule has 0 aliphatic heterocycles. The van der Waals surface area contributed by atoms with Crippen molar-refractivity contribution in [1.29, 1.82) is 0 Å². The van der Waals surface area contributed by atoms with Crippen LogP contribution in [0.3, 0.4) is 0 Å². The predicted molar refractivity (Wildman–Crippen MR) is 80.7 cm³/mol. The summed E-state index contributed by atoms with van der Waals surface area (Å²) < 4.78 is 0. The molecule has 0 aromatic rings. The van der Waals surface area contributed by atoms with Crippen molar-refractivity contribution in [2.45, 2.75) is 63.6 Å². The summed E-state index contributed by atoms with van der Waals surface area (Å²) in [6.45, 7) is 1.98. The number of Topliss-reactive ketones (excluding diaryl/α,β-unsaturated/α-hetero) is 1. The van der Waals surface area contributed by atoms with Crippen LogP contribution in [0.25, 0.3) is 0 Å². The van der Waals surface area contributed by atoms with Gasteiger partial charge in [-0.3, -0.25) is 4.79 Å². The zero-order valence-corrected chi connectivity index (χ0v) is 12.9. The smallest absolute Gasteiger partial charge is 0.133 e. The van der Waals surface area contributed by atoms with Gasteiger partial charge in [-0.15, -0.1) is 0 Å². The number of fused-ring (bicyclic) bond motifs is 1. The Hall–Kier alpha value is -0.710. The Morgan fingerprint density at radius 2 is 2.05 bits per heavy atom. The largest absolute Gasteiger partial charge is 0.396 e. The minimum absolute atomic E-state index is 0.00497. The van der Waals surface area contributed by atoms with Gasteiger partial charge < -0.3 is 15.3 Å². The predicted octanol–water partition coefficient (Wildman–Crippen LogP) is 1.82. The standard InChI is InChI=1S/C17H28O4/c1-17(21,6-3-2-4-8-18)7-5-14-15-11-13(19)9-12(15)10-16(14)20/h5,7,12,14-16,18,20-21H,2-4,6,8-11H2,1H3/t12-,14+,15+,16+,17?/m0/s1. The van der Waals surface area contributed by atoms with Gasteiger partial charge in [-0.05, 0) is 38.0 Å². The molecule has 0 saturated heterocycles. The van der Waals surface area contributed by atoms with Crippen molar-refractivity contribution in [2.24, 2.45) is 17.8 Å². The molecule has 0 bridgehead atoms. The fourth-order valence-electron chi connectivity index (χ4n) is 3.86. The third-order valence-corrected chi connectivity index (χ3v) is 5.06. The minimum Gasteiger partial charge on any atom is -0.396 e. The summed E-state index contributed by atoms with van der Waals surface area (Å²) in [6, 6.07) is 0. The van der Waals surface area contributed by atoms with Gasteiger partial charge in [0, 0.05) is 25.4 Å². The normalized spacial score (nSPS) is 35.3. The molecule has 3 N–H and O–H groups in total. The van der Waals surface area contributed by atoms with Crippen LogP contribution in [-0.4, -0.2) is 39.4 Å². The van der Waals surface area contributed by atoms with Crippen LogP contribution in [0.2, 0.25) is 0 Å². The van der Waals surface area contributed by atoms with E-state index in [1.54, 1.807) is 13.0 Å². The Bertz CT molecular complexity index is 388. The lowest BCUT2D eigenvalue weighted by atomic mass is 9.88. The van der Waals surface area contributed by atoms with E-state index in [9.17, 15) is 15.0 Å². The summed E-state index contributed by atoms with van der Waals surface area (Å²) in [5.74, 6) is 0.905. The summed E-state index contributed by atoms with van der Waals surface area (Å²) in [5, 5.41) is 29.3. The summed E-state index contributed by atoms with van der Waals surface area (Å²) in [6.07, 6.45) is 8.46. The molecule has 0 aromatic heterocycles. The average Bonchev–Trinajstić information content (AvgIpc) is 2.88. The first-order valence-electron chi connectivity index (χ1n) is 8.15. The average molecular weight is 296 g/mol. The second-order valence-corrected chi connectivity index (χ2v) is 7.00. The van der Waals surface area contributed by atoms with Crippen molar-refractivity contribution in [3.63, 3.8) is 0 Å². The first-order chi connectivity index (χ1) is 9.93. The lowest BCUT2D eigenvalue weighted by molar-refractivity contribution is -0.118. The van der Waals surface area contributed by atoms with Gasteiger partial charge in [0.05, 0.1) is 11.7 Å². The molecule has 5 atom stereocenters. The van der Waals surface area contributed by atoms with E-state index in [-0.39, 0.29) is 24.5 Å². The van der Waals surface area contributed by atoms with Crippen molar-refractivity contribution in [2.75, 3.05) is 6.61 Å². The Morgan fingerprint density at radius 3 is 2.76 bits per heavy atom. The number of aliphatic hydroxyl groups is 3. The molecular weight excluding hydrogens is 268 g/mol. The SMILES string of the molecule is CC(O)(C=C[C@@H]1[C@@H]2CC(=O)C[C@H]2C[C@H]1O)CCCCCO. The van der Waals surface area contributed by atoms with Crippen LogP contribution in [-0.2, 0) is 4.79 Å². The van der Waals surface area contributed by atoms with Crippen molar-refractivity contribution < 1.29 is 20.1 Å². The maximum Gasteiger partial charge on any atom is 0.133 e. The Balaban J connectivity index is 1.88. The fraction of sp³-hybridized carbons (Fsp3) is 0.824. The molecule has 4 nitrogen and oxygen atoms in total. The van der Waals surface area contributed by atoms with Gasteiger partial charge in [-0.2, -0.15) is 0 Å². The fourth-order valence-corrected chi connectivity index (χ4v) is 3.86. The van der Waals surface area contributed by atoms with Crippen molar-refractivity contribution in [1.82, 2.24) is 0 Å². The molecule has 0 spiro atoms. The highest BCUT2D eigenvalue weighted by Crippen LogP contribution is 2.47. The topological polar surface area (TPSA) is 77.8 Å². The van der Waals surface area contributed by atoms with Crippen LogP contribution < -0.4 is 0 Å². The van der Waals surface area contributed by atoms with E-state index in [2.05, 4.69) is 0 Å². The van der Waals surface area contributed by atoms with Gasteiger partial charge in [-0.1, -0.05) is 25.0 Å².